The van der Waals surface area contributed by atoms with Crippen LogP contribution in [0.15, 0.2) is 11.8 Å². The Bertz CT molecular complexity index is 542. The average molecular weight is 330 g/mol. The lowest BCUT2D eigenvalue weighted by atomic mass is 9.70. The first-order chi connectivity index (χ1) is 11.7. The van der Waals surface area contributed by atoms with Crippen LogP contribution in [0.5, 0.6) is 0 Å². The average Bonchev–Trinajstić information content (AvgIpc) is 2.63. The first-order valence-corrected chi connectivity index (χ1v) is 10.0. The second kappa shape index (κ2) is 6.89. The van der Waals surface area contributed by atoms with E-state index in [4.69, 9.17) is 0 Å². The molecule has 0 spiro atoms. The van der Waals surface area contributed by atoms with E-state index in [1.165, 1.54) is 51.4 Å². The van der Waals surface area contributed by atoms with Crippen LogP contribution in [0.3, 0.4) is 0 Å². The molecule has 1 heterocycles. The number of carbonyl (C=O) groups excluding carboxylic acids is 2. The summed E-state index contributed by atoms with van der Waals surface area (Å²) in [6, 6.07) is 0.221. The summed E-state index contributed by atoms with van der Waals surface area (Å²) >= 11 is 0. The van der Waals surface area contributed by atoms with E-state index >= 15 is 0 Å². The van der Waals surface area contributed by atoms with Gasteiger partial charge in [-0.15, -0.1) is 0 Å². The maximum absolute atomic E-state index is 12.8. The van der Waals surface area contributed by atoms with Crippen LogP contribution in [0.1, 0.15) is 70.6 Å². The van der Waals surface area contributed by atoms with Gasteiger partial charge in [-0.2, -0.15) is 0 Å². The van der Waals surface area contributed by atoms with Crippen LogP contribution in [0.2, 0.25) is 0 Å². The lowest BCUT2D eigenvalue weighted by Crippen LogP contribution is -2.52. The van der Waals surface area contributed by atoms with E-state index in [2.05, 4.69) is 11.4 Å². The third kappa shape index (κ3) is 3.12. The maximum atomic E-state index is 12.8. The van der Waals surface area contributed by atoms with Crippen molar-refractivity contribution in [3.8, 4) is 0 Å². The van der Waals surface area contributed by atoms with Crippen LogP contribution in [0.25, 0.3) is 0 Å². The van der Waals surface area contributed by atoms with Gasteiger partial charge in [-0.3, -0.25) is 9.59 Å². The zero-order valence-corrected chi connectivity index (χ0v) is 14.6. The number of allylic oxidation sites excluding steroid dienone is 2. The minimum absolute atomic E-state index is 0.221. The fourth-order valence-electron chi connectivity index (χ4n) is 5.55. The van der Waals surface area contributed by atoms with Crippen molar-refractivity contribution in [2.45, 2.75) is 76.7 Å². The van der Waals surface area contributed by atoms with Gasteiger partial charge >= 0.3 is 11.8 Å². The Hall–Kier alpha value is -1.32. The van der Waals surface area contributed by atoms with E-state index in [1.54, 1.807) is 4.90 Å². The summed E-state index contributed by atoms with van der Waals surface area (Å²) in [6.07, 6.45) is 15.2. The van der Waals surface area contributed by atoms with E-state index in [-0.39, 0.29) is 17.9 Å². The molecule has 2 amide bonds. The number of piperidine rings is 1. The fourth-order valence-corrected chi connectivity index (χ4v) is 5.55. The van der Waals surface area contributed by atoms with Crippen LogP contribution in [0.4, 0.5) is 0 Å². The van der Waals surface area contributed by atoms with Crippen LogP contribution in [0, 0.1) is 17.8 Å². The molecule has 3 fully saturated rings. The molecule has 0 aromatic heterocycles. The summed E-state index contributed by atoms with van der Waals surface area (Å²) in [5, 5.41) is 3.11. The van der Waals surface area contributed by atoms with Crippen LogP contribution >= 0.6 is 0 Å². The molecule has 1 N–H and O–H groups in total. The normalized spacial score (nSPS) is 35.7. The third-order valence-electron chi connectivity index (χ3n) is 6.81. The Balaban J connectivity index is 1.40. The molecular formula is C20H30N2O2. The fraction of sp³-hybridized carbons (Fsp3) is 0.800. The second-order valence-corrected chi connectivity index (χ2v) is 8.31. The highest BCUT2D eigenvalue weighted by atomic mass is 16.2. The van der Waals surface area contributed by atoms with Crippen molar-refractivity contribution in [3.05, 3.63) is 11.8 Å². The number of hydrogen-bond donors (Lipinski definition) is 1. The van der Waals surface area contributed by atoms with Gasteiger partial charge in [-0.1, -0.05) is 18.9 Å². The molecule has 0 radical (unpaired) electrons. The van der Waals surface area contributed by atoms with Crippen molar-refractivity contribution in [1.29, 1.82) is 0 Å². The summed E-state index contributed by atoms with van der Waals surface area (Å²) in [5.74, 6) is 1.28. The van der Waals surface area contributed by atoms with Crippen LogP contribution < -0.4 is 5.32 Å². The predicted molar refractivity (Wildman–Crippen MR) is 93.0 cm³/mol. The van der Waals surface area contributed by atoms with Gasteiger partial charge in [0.05, 0.1) is 0 Å². The van der Waals surface area contributed by atoms with Gasteiger partial charge < -0.3 is 10.2 Å². The number of likely N-dealkylation sites (tertiary alicyclic amines) is 1. The Morgan fingerprint density at radius 3 is 2.79 bits per heavy atom. The molecule has 4 rings (SSSR count). The highest BCUT2D eigenvalue weighted by Crippen LogP contribution is 2.40. The molecule has 4 heteroatoms. The number of fused-ring (bicyclic) bond motifs is 3. The summed E-state index contributed by atoms with van der Waals surface area (Å²) in [5.41, 5.74) is 1.13. The van der Waals surface area contributed by atoms with Gasteiger partial charge in [0.25, 0.3) is 0 Å². The number of hydrogen-bond acceptors (Lipinski definition) is 2. The summed E-state index contributed by atoms with van der Waals surface area (Å²) in [7, 11) is 0. The molecule has 2 bridgehead atoms. The summed E-state index contributed by atoms with van der Waals surface area (Å²) in [4.78, 5) is 27.2. The number of amides is 2. The molecule has 24 heavy (non-hydrogen) atoms. The SMILES string of the molecule is O=C(NC1CCC2CCCC1C2)C(=O)N1CCCC2CCCC=C21. The Morgan fingerprint density at radius 1 is 1.00 bits per heavy atom. The molecule has 0 aromatic carbocycles. The van der Waals surface area contributed by atoms with Gasteiger partial charge in [0.15, 0.2) is 0 Å². The Labute approximate surface area is 145 Å². The molecule has 1 saturated heterocycles. The number of nitrogens with one attached hydrogen (secondary N) is 1. The van der Waals surface area contributed by atoms with Crippen molar-refractivity contribution in [2.24, 2.45) is 17.8 Å². The zero-order chi connectivity index (χ0) is 16.5. The van der Waals surface area contributed by atoms with Crippen molar-refractivity contribution in [2.75, 3.05) is 6.54 Å². The maximum Gasteiger partial charge on any atom is 0.316 e. The van der Waals surface area contributed by atoms with Gasteiger partial charge in [0.2, 0.25) is 0 Å². The Kier molecular flexibility index (Phi) is 4.64. The topological polar surface area (TPSA) is 49.4 Å². The number of carbonyl (C=O) groups is 2. The molecule has 2 saturated carbocycles. The molecule has 4 aliphatic rings. The van der Waals surface area contributed by atoms with Crippen molar-refractivity contribution >= 4 is 11.8 Å². The standard InChI is InChI=1S/C20H30N2O2/c23-19(21-17-11-10-14-5-3-7-16(17)13-14)20(24)22-12-4-8-15-6-1-2-9-18(15)22/h9,14-17H,1-8,10-13H2,(H,21,23). The van der Waals surface area contributed by atoms with E-state index in [0.29, 0.717) is 18.4 Å². The van der Waals surface area contributed by atoms with E-state index in [0.717, 1.165) is 30.9 Å². The van der Waals surface area contributed by atoms with Crippen molar-refractivity contribution in [3.63, 3.8) is 0 Å². The smallest absolute Gasteiger partial charge is 0.316 e. The predicted octanol–water partition coefficient (Wildman–Crippen LogP) is 3.38. The third-order valence-corrected chi connectivity index (χ3v) is 6.81. The minimum Gasteiger partial charge on any atom is -0.345 e. The first-order valence-electron chi connectivity index (χ1n) is 10.0. The molecule has 132 valence electrons. The molecule has 4 nitrogen and oxygen atoms in total. The summed E-state index contributed by atoms with van der Waals surface area (Å²) < 4.78 is 0. The van der Waals surface area contributed by atoms with E-state index in [9.17, 15) is 9.59 Å². The van der Waals surface area contributed by atoms with Crippen molar-refractivity contribution < 1.29 is 9.59 Å². The van der Waals surface area contributed by atoms with Gasteiger partial charge in [0, 0.05) is 18.3 Å². The molecule has 3 aliphatic carbocycles. The summed E-state index contributed by atoms with van der Waals surface area (Å²) in [6.45, 7) is 0.713. The van der Waals surface area contributed by atoms with E-state index in [1.807, 2.05) is 0 Å². The van der Waals surface area contributed by atoms with E-state index < -0.39 is 0 Å². The highest BCUT2D eigenvalue weighted by Gasteiger charge is 2.37. The monoisotopic (exact) mass is 330 g/mol. The molecule has 0 aromatic rings. The molecule has 1 aliphatic heterocycles. The lowest BCUT2D eigenvalue weighted by Gasteiger charge is -2.41. The molecule has 4 atom stereocenters. The Morgan fingerprint density at radius 2 is 1.88 bits per heavy atom. The molecular weight excluding hydrogens is 300 g/mol. The largest absolute Gasteiger partial charge is 0.345 e. The number of nitrogens with zero attached hydrogens (tertiary/aromatic N) is 1. The van der Waals surface area contributed by atoms with Crippen molar-refractivity contribution in [1.82, 2.24) is 10.2 Å². The zero-order valence-electron chi connectivity index (χ0n) is 14.6. The molecule has 4 unspecified atom stereocenters. The van der Waals surface area contributed by atoms with Gasteiger partial charge in [-0.25, -0.2) is 0 Å². The minimum atomic E-state index is -0.365. The first kappa shape index (κ1) is 16.2. The van der Waals surface area contributed by atoms with Crippen LogP contribution in [-0.2, 0) is 9.59 Å². The van der Waals surface area contributed by atoms with Gasteiger partial charge in [-0.05, 0) is 75.5 Å². The van der Waals surface area contributed by atoms with Crippen LogP contribution in [-0.4, -0.2) is 29.3 Å². The second-order valence-electron chi connectivity index (χ2n) is 8.31. The lowest BCUT2D eigenvalue weighted by molar-refractivity contribution is -0.146. The number of rotatable bonds is 1. The van der Waals surface area contributed by atoms with Gasteiger partial charge in [0.1, 0.15) is 0 Å². The quantitative estimate of drug-likeness (QED) is 0.749. The highest BCUT2D eigenvalue weighted by molar-refractivity contribution is 6.35.